The molecule has 0 spiro atoms. The minimum atomic E-state index is -1.39. The van der Waals surface area contributed by atoms with Gasteiger partial charge in [0.25, 0.3) is 0 Å². The molecule has 19 heavy (non-hydrogen) atoms. The Kier molecular flexibility index (Phi) is 4.18. The molecule has 0 aromatic heterocycles. The van der Waals surface area contributed by atoms with Crippen molar-refractivity contribution in [3.63, 3.8) is 0 Å². The maximum absolute atomic E-state index is 9.28. The summed E-state index contributed by atoms with van der Waals surface area (Å²) in [6, 6.07) is 4.34. The molecule has 104 valence electrons. The zero-order chi connectivity index (χ0) is 14.2. The summed E-state index contributed by atoms with van der Waals surface area (Å²) in [5, 5.41) is 18.6. The van der Waals surface area contributed by atoms with E-state index in [0.29, 0.717) is 11.5 Å². The Labute approximate surface area is 115 Å². The molecular weight excluding hydrogens is 239 g/mol. The molecule has 0 radical (unpaired) electrons. The lowest BCUT2D eigenvalue weighted by Gasteiger charge is -2.25. The molecule has 2 N–H and O–H groups in total. The first kappa shape index (κ1) is 14.4. The average Bonchev–Trinajstić information content (AvgIpc) is 2.77. The van der Waals surface area contributed by atoms with Crippen LogP contribution in [0.1, 0.15) is 17.5 Å². The van der Waals surface area contributed by atoms with Crippen molar-refractivity contribution < 1.29 is 10.0 Å². The fourth-order valence-corrected chi connectivity index (χ4v) is 3.00. The Morgan fingerprint density at radius 2 is 1.79 bits per heavy atom. The van der Waals surface area contributed by atoms with Gasteiger partial charge in [-0.05, 0) is 51.0 Å². The van der Waals surface area contributed by atoms with Gasteiger partial charge in [0.2, 0.25) is 0 Å². The lowest BCUT2D eigenvalue weighted by Crippen LogP contribution is -2.33. The number of anilines is 1. The predicted molar refractivity (Wildman–Crippen MR) is 80.0 cm³/mol. The first-order valence-electron chi connectivity index (χ1n) is 6.78. The molecule has 0 amide bonds. The monoisotopic (exact) mass is 262 g/mol. The zero-order valence-electron chi connectivity index (χ0n) is 12.2. The minimum absolute atomic E-state index is 0.571. The predicted octanol–water partition coefficient (Wildman–Crippen LogP) is 0.124. The van der Waals surface area contributed by atoms with E-state index in [4.69, 9.17) is 0 Å². The van der Waals surface area contributed by atoms with Crippen LogP contribution in [0.3, 0.4) is 0 Å². The first-order chi connectivity index (χ1) is 8.90. The number of rotatable bonds is 3. The number of hydrogen-bond acceptors (Lipinski definition) is 4. The van der Waals surface area contributed by atoms with Crippen LogP contribution in [0.25, 0.3) is 0 Å². The van der Waals surface area contributed by atoms with Gasteiger partial charge in [0.1, 0.15) is 0 Å². The molecule has 1 heterocycles. The van der Waals surface area contributed by atoms with E-state index in [1.165, 1.54) is 12.1 Å². The second-order valence-corrected chi connectivity index (χ2v) is 5.73. The molecule has 1 aromatic carbocycles. The van der Waals surface area contributed by atoms with Gasteiger partial charge < -0.3 is 19.8 Å². The summed E-state index contributed by atoms with van der Waals surface area (Å²) in [4.78, 5) is 4.68. The quantitative estimate of drug-likeness (QED) is 0.760. The van der Waals surface area contributed by atoms with Crippen LogP contribution in [-0.2, 0) is 0 Å². The molecule has 1 aliphatic heterocycles. The van der Waals surface area contributed by atoms with Gasteiger partial charge in [-0.25, -0.2) is 0 Å². The van der Waals surface area contributed by atoms with Crippen LogP contribution in [0.4, 0.5) is 5.69 Å². The fourth-order valence-electron chi connectivity index (χ4n) is 3.00. The highest BCUT2D eigenvalue weighted by Gasteiger charge is 2.26. The summed E-state index contributed by atoms with van der Waals surface area (Å²) in [6.07, 6.45) is 1.18. The molecule has 1 fully saturated rings. The van der Waals surface area contributed by atoms with Crippen LogP contribution in [0.5, 0.6) is 0 Å². The van der Waals surface area contributed by atoms with Crippen molar-refractivity contribution in [1.29, 1.82) is 0 Å². The van der Waals surface area contributed by atoms with E-state index in [-0.39, 0.29) is 0 Å². The third-order valence-electron chi connectivity index (χ3n) is 4.02. The van der Waals surface area contributed by atoms with Crippen LogP contribution in [0.15, 0.2) is 12.1 Å². The topological polar surface area (TPSA) is 46.9 Å². The summed E-state index contributed by atoms with van der Waals surface area (Å²) < 4.78 is 0. The van der Waals surface area contributed by atoms with Crippen LogP contribution in [0.2, 0.25) is 0 Å². The second-order valence-electron chi connectivity index (χ2n) is 5.73. The smallest absolute Gasteiger partial charge is 0.423 e. The Balaban J connectivity index is 2.26. The third kappa shape index (κ3) is 2.94. The molecule has 1 aromatic rings. The highest BCUT2D eigenvalue weighted by Crippen LogP contribution is 2.28. The number of aryl methyl sites for hydroxylation is 2. The Bertz CT molecular complexity index is 440. The number of benzene rings is 1. The van der Waals surface area contributed by atoms with E-state index in [1.54, 1.807) is 0 Å². The highest BCUT2D eigenvalue weighted by atomic mass is 16.4. The van der Waals surface area contributed by atoms with Crippen molar-refractivity contribution in [3.05, 3.63) is 23.3 Å². The third-order valence-corrected chi connectivity index (χ3v) is 4.02. The van der Waals surface area contributed by atoms with Crippen molar-refractivity contribution in [2.45, 2.75) is 26.3 Å². The number of nitrogens with zero attached hydrogens (tertiary/aromatic N) is 2. The molecule has 4 nitrogen and oxygen atoms in total. The standard InChI is InChI=1S/C14H23BN2O2/c1-10-7-12(15(18)19)8-11(2)14(10)17-6-5-13(9-17)16(3)4/h7-8,13,18-19H,5-6,9H2,1-4H3. The van der Waals surface area contributed by atoms with Gasteiger partial charge in [-0.15, -0.1) is 0 Å². The van der Waals surface area contributed by atoms with E-state index >= 15 is 0 Å². The molecular formula is C14H23BN2O2. The van der Waals surface area contributed by atoms with Crippen LogP contribution in [0, 0.1) is 13.8 Å². The van der Waals surface area contributed by atoms with Crippen molar-refractivity contribution in [3.8, 4) is 0 Å². The largest absolute Gasteiger partial charge is 0.488 e. The van der Waals surface area contributed by atoms with Gasteiger partial charge in [-0.3, -0.25) is 0 Å². The Morgan fingerprint density at radius 1 is 1.21 bits per heavy atom. The van der Waals surface area contributed by atoms with Gasteiger partial charge in [0.05, 0.1) is 0 Å². The molecule has 0 aliphatic carbocycles. The number of likely N-dealkylation sites (N-methyl/N-ethyl adjacent to an activating group) is 1. The maximum Gasteiger partial charge on any atom is 0.488 e. The molecule has 0 saturated carbocycles. The summed E-state index contributed by atoms with van der Waals surface area (Å²) >= 11 is 0. The van der Waals surface area contributed by atoms with E-state index in [2.05, 4.69) is 23.9 Å². The molecule has 1 atom stereocenters. The van der Waals surface area contributed by atoms with Crippen molar-refractivity contribution in [1.82, 2.24) is 4.90 Å². The molecule has 0 bridgehead atoms. The SMILES string of the molecule is Cc1cc(B(O)O)cc(C)c1N1CCC(N(C)C)C1. The fraction of sp³-hybridized carbons (Fsp3) is 0.571. The number of hydrogen-bond donors (Lipinski definition) is 2. The van der Waals surface area contributed by atoms with Crippen LogP contribution in [-0.4, -0.2) is 55.3 Å². The minimum Gasteiger partial charge on any atom is -0.423 e. The van der Waals surface area contributed by atoms with Gasteiger partial charge in [0, 0.05) is 24.8 Å². The highest BCUT2D eigenvalue weighted by molar-refractivity contribution is 6.58. The molecule has 1 aliphatic rings. The second kappa shape index (κ2) is 5.53. The zero-order valence-corrected chi connectivity index (χ0v) is 12.2. The van der Waals surface area contributed by atoms with Crippen LogP contribution < -0.4 is 10.4 Å². The molecule has 1 unspecified atom stereocenters. The Hall–Kier alpha value is -1.04. The molecule has 2 rings (SSSR count). The van der Waals surface area contributed by atoms with E-state index in [9.17, 15) is 10.0 Å². The Morgan fingerprint density at radius 3 is 2.21 bits per heavy atom. The summed E-state index contributed by atoms with van der Waals surface area (Å²) in [5.41, 5.74) is 4.04. The van der Waals surface area contributed by atoms with Crippen molar-refractivity contribution in [2.75, 3.05) is 32.1 Å². The lowest BCUT2D eigenvalue weighted by molar-refractivity contribution is 0.315. The van der Waals surface area contributed by atoms with Crippen LogP contribution >= 0.6 is 0 Å². The van der Waals surface area contributed by atoms with Gasteiger partial charge in [-0.2, -0.15) is 0 Å². The summed E-state index contributed by atoms with van der Waals surface area (Å²) in [5.74, 6) is 0. The lowest BCUT2D eigenvalue weighted by atomic mass is 9.78. The molecule has 5 heteroatoms. The summed E-state index contributed by atoms with van der Waals surface area (Å²) in [7, 11) is 2.86. The molecule has 1 saturated heterocycles. The first-order valence-corrected chi connectivity index (χ1v) is 6.78. The van der Waals surface area contributed by atoms with Crippen molar-refractivity contribution >= 4 is 18.3 Å². The van der Waals surface area contributed by atoms with Gasteiger partial charge >= 0.3 is 7.12 Å². The van der Waals surface area contributed by atoms with Crippen molar-refractivity contribution in [2.24, 2.45) is 0 Å². The van der Waals surface area contributed by atoms with Gasteiger partial charge in [-0.1, -0.05) is 12.1 Å². The summed E-state index contributed by atoms with van der Waals surface area (Å²) in [6.45, 7) is 6.18. The normalized spacial score (nSPS) is 19.3. The average molecular weight is 262 g/mol. The van der Waals surface area contributed by atoms with E-state index in [1.807, 2.05) is 26.0 Å². The van der Waals surface area contributed by atoms with Gasteiger partial charge in [0.15, 0.2) is 0 Å². The maximum atomic E-state index is 9.28. The van der Waals surface area contributed by atoms with E-state index < -0.39 is 7.12 Å². The van der Waals surface area contributed by atoms with E-state index in [0.717, 1.165) is 24.2 Å².